The molecule has 1 aromatic heterocycles. The average molecular weight is 493 g/mol. The number of hydrogen-bond donors (Lipinski definition) is 0. The van der Waals surface area contributed by atoms with Gasteiger partial charge in [-0.2, -0.15) is 0 Å². The number of benzene rings is 1. The molecule has 190 valence electrons. The number of amides is 4. The van der Waals surface area contributed by atoms with Crippen molar-refractivity contribution in [2.45, 2.75) is 32.2 Å². The van der Waals surface area contributed by atoms with Crippen molar-refractivity contribution in [2.24, 2.45) is 11.3 Å². The van der Waals surface area contributed by atoms with Gasteiger partial charge in [0.15, 0.2) is 0 Å². The minimum Gasteiger partial charge on any atom is -0.494 e. The monoisotopic (exact) mass is 492 g/mol. The molecule has 3 aliphatic rings. The van der Waals surface area contributed by atoms with Crippen molar-refractivity contribution >= 4 is 17.8 Å². The van der Waals surface area contributed by atoms with Crippen LogP contribution in [-0.2, 0) is 22.6 Å². The molecule has 0 aliphatic carbocycles. The summed E-state index contributed by atoms with van der Waals surface area (Å²) in [6, 6.07) is 12.2. The SMILES string of the molecule is CCOc1ccc(CC2(CN3CC4C[C@@H](C3)c3cccc(=O)n3C4)C(=O)N(C)C(=O)N(C)C2=O)cc1. The lowest BCUT2D eigenvalue weighted by Crippen LogP contribution is -2.67. The summed E-state index contributed by atoms with van der Waals surface area (Å²) in [7, 11) is 2.88. The maximum absolute atomic E-state index is 13.7. The summed E-state index contributed by atoms with van der Waals surface area (Å²) < 4.78 is 7.40. The Morgan fingerprint density at radius 3 is 2.28 bits per heavy atom. The third-order valence-electron chi connectivity index (χ3n) is 7.79. The number of rotatable bonds is 6. The van der Waals surface area contributed by atoms with Gasteiger partial charge in [0.2, 0.25) is 11.8 Å². The first kappa shape index (κ1) is 24.2. The van der Waals surface area contributed by atoms with Crippen molar-refractivity contribution in [1.82, 2.24) is 19.3 Å². The van der Waals surface area contributed by atoms with Crippen LogP contribution in [0.25, 0.3) is 0 Å². The van der Waals surface area contributed by atoms with Crippen molar-refractivity contribution in [2.75, 3.05) is 40.3 Å². The Balaban J connectivity index is 1.48. The first-order valence-corrected chi connectivity index (χ1v) is 12.5. The highest BCUT2D eigenvalue weighted by Crippen LogP contribution is 2.39. The number of hydrogen-bond acceptors (Lipinski definition) is 6. The van der Waals surface area contributed by atoms with E-state index in [0.29, 0.717) is 26.2 Å². The van der Waals surface area contributed by atoms with Crippen LogP contribution in [0.5, 0.6) is 5.75 Å². The Bertz CT molecular complexity index is 1230. The fraction of sp³-hybridized carbons (Fsp3) is 0.481. The number of ether oxygens (including phenoxy) is 1. The molecule has 1 unspecified atom stereocenters. The number of likely N-dealkylation sites (tertiary alicyclic amines) is 1. The van der Waals surface area contributed by atoms with Gasteiger partial charge in [0, 0.05) is 58.0 Å². The molecule has 9 nitrogen and oxygen atoms in total. The van der Waals surface area contributed by atoms with E-state index in [2.05, 4.69) is 4.90 Å². The predicted octanol–water partition coefficient (Wildman–Crippen LogP) is 1.95. The van der Waals surface area contributed by atoms with E-state index in [1.165, 1.54) is 14.1 Å². The molecule has 2 aromatic rings. The molecule has 2 saturated heterocycles. The van der Waals surface area contributed by atoms with Gasteiger partial charge in [-0.1, -0.05) is 18.2 Å². The van der Waals surface area contributed by atoms with Gasteiger partial charge in [0.1, 0.15) is 11.2 Å². The first-order valence-electron chi connectivity index (χ1n) is 12.5. The number of barbiturate groups is 1. The zero-order valence-electron chi connectivity index (χ0n) is 21.0. The third-order valence-corrected chi connectivity index (χ3v) is 7.79. The van der Waals surface area contributed by atoms with Crippen LogP contribution in [0, 0.1) is 11.3 Å². The number of carbonyl (C=O) groups excluding carboxylic acids is 3. The second-order valence-corrected chi connectivity index (χ2v) is 10.2. The Morgan fingerprint density at radius 2 is 1.61 bits per heavy atom. The van der Waals surface area contributed by atoms with Crippen molar-refractivity contribution in [3.05, 3.63) is 64.1 Å². The van der Waals surface area contributed by atoms with Crippen LogP contribution < -0.4 is 10.3 Å². The van der Waals surface area contributed by atoms with E-state index < -0.39 is 23.3 Å². The predicted molar refractivity (Wildman–Crippen MR) is 133 cm³/mol. The van der Waals surface area contributed by atoms with E-state index >= 15 is 0 Å². The summed E-state index contributed by atoms with van der Waals surface area (Å²) in [6.45, 7) is 4.63. The van der Waals surface area contributed by atoms with E-state index in [-0.39, 0.29) is 30.4 Å². The summed E-state index contributed by atoms with van der Waals surface area (Å²) in [5, 5.41) is 0. The van der Waals surface area contributed by atoms with Crippen LogP contribution in [0.1, 0.15) is 30.5 Å². The second kappa shape index (κ2) is 9.20. The minimum absolute atomic E-state index is 0.0158. The molecule has 2 atom stereocenters. The molecule has 3 aliphatic heterocycles. The molecular formula is C27H32N4O5. The van der Waals surface area contributed by atoms with Gasteiger partial charge in [-0.3, -0.25) is 24.2 Å². The molecule has 0 saturated carbocycles. The lowest BCUT2D eigenvalue weighted by molar-refractivity contribution is -0.159. The van der Waals surface area contributed by atoms with E-state index in [1.54, 1.807) is 12.1 Å². The lowest BCUT2D eigenvalue weighted by Gasteiger charge is -2.48. The van der Waals surface area contributed by atoms with Crippen molar-refractivity contribution in [1.29, 1.82) is 0 Å². The van der Waals surface area contributed by atoms with E-state index in [9.17, 15) is 19.2 Å². The van der Waals surface area contributed by atoms with Gasteiger partial charge in [-0.05, 0) is 49.4 Å². The second-order valence-electron chi connectivity index (χ2n) is 10.2. The molecule has 2 fully saturated rings. The van der Waals surface area contributed by atoms with Gasteiger partial charge < -0.3 is 14.2 Å². The Labute approximate surface area is 210 Å². The van der Waals surface area contributed by atoms with E-state index in [0.717, 1.165) is 33.2 Å². The van der Waals surface area contributed by atoms with Gasteiger partial charge in [0.05, 0.1) is 6.61 Å². The molecule has 2 bridgehead atoms. The topological polar surface area (TPSA) is 92.2 Å². The average Bonchev–Trinajstić information content (AvgIpc) is 2.87. The highest BCUT2D eigenvalue weighted by Gasteiger charge is 2.56. The molecule has 0 radical (unpaired) electrons. The van der Waals surface area contributed by atoms with Crippen LogP contribution in [0.3, 0.4) is 0 Å². The standard InChI is InChI=1S/C27H32N4O5/c1-4-36-21-10-8-18(9-11-21)13-27(24(33)28(2)26(35)29(3)25(27)34)17-30-14-19-12-20(16-30)22-6-5-7-23(32)31(22)15-19/h5-11,19-20H,4,12-17H2,1-3H3/t19?,20-/m0/s1. The summed E-state index contributed by atoms with van der Waals surface area (Å²) >= 11 is 0. The number of nitrogens with zero attached hydrogens (tertiary/aromatic N) is 4. The zero-order valence-corrected chi connectivity index (χ0v) is 21.0. The highest BCUT2D eigenvalue weighted by atomic mass is 16.5. The lowest BCUT2D eigenvalue weighted by atomic mass is 9.75. The number of carbonyl (C=O) groups is 3. The smallest absolute Gasteiger partial charge is 0.332 e. The van der Waals surface area contributed by atoms with Crippen molar-refractivity contribution in [3.8, 4) is 5.75 Å². The van der Waals surface area contributed by atoms with E-state index in [1.807, 2.05) is 41.8 Å². The van der Waals surface area contributed by atoms with Gasteiger partial charge >= 0.3 is 6.03 Å². The number of fused-ring (bicyclic) bond motifs is 4. The molecule has 5 rings (SSSR count). The largest absolute Gasteiger partial charge is 0.494 e. The fourth-order valence-electron chi connectivity index (χ4n) is 6.20. The Morgan fingerprint density at radius 1 is 0.917 bits per heavy atom. The number of imide groups is 2. The maximum atomic E-state index is 13.7. The molecule has 0 N–H and O–H groups in total. The Hall–Kier alpha value is -3.46. The molecule has 4 heterocycles. The number of pyridine rings is 1. The van der Waals surface area contributed by atoms with Crippen molar-refractivity contribution in [3.63, 3.8) is 0 Å². The first-order chi connectivity index (χ1) is 17.2. The fourth-order valence-corrected chi connectivity index (χ4v) is 6.20. The summed E-state index contributed by atoms with van der Waals surface area (Å²) in [4.78, 5) is 56.7. The summed E-state index contributed by atoms with van der Waals surface area (Å²) in [6.07, 6.45) is 1.16. The van der Waals surface area contributed by atoms with Crippen LogP contribution in [0.2, 0.25) is 0 Å². The molecule has 0 spiro atoms. The Kier molecular flexibility index (Phi) is 6.20. The van der Waals surface area contributed by atoms with Gasteiger partial charge in [-0.25, -0.2) is 4.79 Å². The highest BCUT2D eigenvalue weighted by molar-refractivity contribution is 6.19. The van der Waals surface area contributed by atoms with Crippen LogP contribution in [0.4, 0.5) is 4.79 Å². The maximum Gasteiger partial charge on any atom is 0.332 e. The van der Waals surface area contributed by atoms with Gasteiger partial charge in [0.25, 0.3) is 5.56 Å². The van der Waals surface area contributed by atoms with Crippen LogP contribution in [-0.4, -0.2) is 77.4 Å². The van der Waals surface area contributed by atoms with Crippen molar-refractivity contribution < 1.29 is 19.1 Å². The number of piperidine rings is 1. The summed E-state index contributed by atoms with van der Waals surface area (Å²) in [5.74, 6) is 0.178. The minimum atomic E-state index is -1.42. The molecule has 1 aromatic carbocycles. The third kappa shape index (κ3) is 4.01. The normalized spacial score (nSPS) is 23.6. The number of urea groups is 1. The molecule has 4 amide bonds. The summed E-state index contributed by atoms with van der Waals surface area (Å²) in [5.41, 5.74) is 0.425. The molecular weight excluding hydrogens is 460 g/mol. The van der Waals surface area contributed by atoms with Crippen LogP contribution >= 0.6 is 0 Å². The molecule has 9 heteroatoms. The van der Waals surface area contributed by atoms with E-state index in [4.69, 9.17) is 4.74 Å². The zero-order chi connectivity index (χ0) is 25.6. The quantitative estimate of drug-likeness (QED) is 0.573. The number of aromatic nitrogens is 1. The van der Waals surface area contributed by atoms with Gasteiger partial charge in [-0.15, -0.1) is 0 Å². The van der Waals surface area contributed by atoms with Crippen LogP contribution in [0.15, 0.2) is 47.3 Å². The molecule has 36 heavy (non-hydrogen) atoms.